The highest BCUT2D eigenvalue weighted by Gasteiger charge is 2.07. The van der Waals surface area contributed by atoms with Crippen molar-refractivity contribution in [2.75, 3.05) is 0 Å². The van der Waals surface area contributed by atoms with E-state index in [0.717, 1.165) is 38.5 Å². The zero-order valence-electron chi connectivity index (χ0n) is 20.2. The second-order valence-corrected chi connectivity index (χ2v) is 8.76. The van der Waals surface area contributed by atoms with E-state index in [1.165, 1.54) is 51.9 Å². The zero-order chi connectivity index (χ0) is 23.2. The lowest BCUT2D eigenvalue weighted by Gasteiger charge is -2.02. The average molecular weight is 435 g/mol. The first-order chi connectivity index (χ1) is 15.0. The Labute approximate surface area is 190 Å². The highest BCUT2D eigenvalue weighted by atomic mass is 16.2. The zero-order valence-corrected chi connectivity index (χ0v) is 20.2. The third-order valence-electron chi connectivity index (χ3n) is 5.65. The fourth-order valence-electron chi connectivity index (χ4n) is 3.56. The van der Waals surface area contributed by atoms with Crippen molar-refractivity contribution in [2.24, 2.45) is 0 Å². The number of ketones is 4. The van der Waals surface area contributed by atoms with Crippen LogP contribution in [0.25, 0.3) is 0 Å². The summed E-state index contributed by atoms with van der Waals surface area (Å²) >= 11 is 0. The van der Waals surface area contributed by atoms with Crippen molar-refractivity contribution in [1.29, 1.82) is 0 Å². The minimum atomic E-state index is -0.380. The summed E-state index contributed by atoms with van der Waals surface area (Å²) in [6.45, 7) is 3.54. The number of carbonyl (C=O) groups is 4. The minimum absolute atomic E-state index is 0.262. The summed E-state index contributed by atoms with van der Waals surface area (Å²) in [5.74, 6) is -0.140. The number of carbonyl (C=O) groups excluding carboxylic acids is 4. The summed E-state index contributed by atoms with van der Waals surface area (Å²) in [5, 5.41) is 0. The van der Waals surface area contributed by atoms with Crippen LogP contribution in [0.2, 0.25) is 0 Å². The molecule has 0 atom stereocenters. The molecule has 0 aromatic heterocycles. The van der Waals surface area contributed by atoms with Gasteiger partial charge in [0.05, 0.1) is 0 Å². The van der Waals surface area contributed by atoms with Crippen LogP contribution < -0.4 is 0 Å². The third-order valence-corrected chi connectivity index (χ3v) is 5.65. The van der Waals surface area contributed by atoms with Gasteiger partial charge < -0.3 is 0 Å². The molecule has 4 nitrogen and oxygen atoms in total. The first kappa shape index (κ1) is 29.4. The molecule has 178 valence electrons. The van der Waals surface area contributed by atoms with E-state index in [2.05, 4.69) is 13.0 Å². The minimum Gasteiger partial charge on any atom is -0.300 e. The number of hydrogen-bond acceptors (Lipinski definition) is 4. The molecule has 0 saturated heterocycles. The van der Waals surface area contributed by atoms with Crippen LogP contribution in [-0.4, -0.2) is 23.1 Å². The second kappa shape index (κ2) is 21.6. The van der Waals surface area contributed by atoms with E-state index >= 15 is 0 Å². The topological polar surface area (TPSA) is 68.3 Å². The van der Waals surface area contributed by atoms with E-state index < -0.39 is 0 Å². The van der Waals surface area contributed by atoms with Crippen molar-refractivity contribution in [3.63, 3.8) is 0 Å². The first-order valence-electron chi connectivity index (χ1n) is 12.7. The first-order valence-corrected chi connectivity index (χ1v) is 12.7. The van der Waals surface area contributed by atoms with E-state index in [1.54, 1.807) is 0 Å². The van der Waals surface area contributed by atoms with E-state index in [1.807, 2.05) is 6.08 Å². The lowest BCUT2D eigenvalue weighted by Crippen LogP contribution is -2.08. The van der Waals surface area contributed by atoms with Gasteiger partial charge >= 0.3 is 0 Å². The Morgan fingerprint density at radius 1 is 0.548 bits per heavy atom. The molecule has 0 unspecified atom stereocenters. The summed E-state index contributed by atoms with van der Waals surface area (Å²) in [4.78, 5) is 45.8. The van der Waals surface area contributed by atoms with Crippen molar-refractivity contribution in [1.82, 2.24) is 0 Å². The van der Waals surface area contributed by atoms with Gasteiger partial charge in [-0.3, -0.25) is 19.2 Å². The van der Waals surface area contributed by atoms with Gasteiger partial charge in [-0.05, 0) is 38.5 Å². The molecule has 0 aliphatic heterocycles. The molecular weight excluding hydrogens is 388 g/mol. The van der Waals surface area contributed by atoms with Crippen LogP contribution in [0.4, 0.5) is 0 Å². The second-order valence-electron chi connectivity index (χ2n) is 8.76. The summed E-state index contributed by atoms with van der Waals surface area (Å²) < 4.78 is 0. The van der Waals surface area contributed by atoms with Crippen LogP contribution in [0.5, 0.6) is 0 Å². The van der Waals surface area contributed by atoms with Crippen LogP contribution in [0, 0.1) is 0 Å². The molecule has 0 saturated carbocycles. The van der Waals surface area contributed by atoms with Gasteiger partial charge in [-0.25, -0.2) is 0 Å². The van der Waals surface area contributed by atoms with Crippen molar-refractivity contribution in [2.45, 2.75) is 136 Å². The number of unbranched alkanes of at least 4 members (excludes halogenated alkanes) is 11. The molecule has 0 fully saturated rings. The summed E-state index contributed by atoms with van der Waals surface area (Å²) in [6, 6.07) is 0. The molecule has 0 aliphatic carbocycles. The molecule has 0 bridgehead atoms. The van der Waals surface area contributed by atoms with Crippen molar-refractivity contribution < 1.29 is 19.2 Å². The van der Waals surface area contributed by atoms with E-state index in [-0.39, 0.29) is 17.3 Å². The largest absolute Gasteiger partial charge is 0.300 e. The van der Waals surface area contributed by atoms with Crippen LogP contribution >= 0.6 is 0 Å². The number of rotatable bonds is 23. The van der Waals surface area contributed by atoms with Gasteiger partial charge in [0.15, 0.2) is 11.6 Å². The Hall–Kier alpha value is -1.58. The molecule has 0 aliphatic rings. The van der Waals surface area contributed by atoms with E-state index in [4.69, 9.17) is 0 Å². The third kappa shape index (κ3) is 21.4. The van der Waals surface area contributed by atoms with Crippen LogP contribution in [0.1, 0.15) is 136 Å². The molecule has 0 heterocycles. The number of allylic oxidation sites excluding steroid dienone is 2. The molecule has 31 heavy (non-hydrogen) atoms. The fraction of sp³-hybridized carbons (Fsp3) is 0.778. The maximum atomic E-state index is 11.9. The Bertz CT molecular complexity index is 533. The number of hydrogen-bond donors (Lipinski definition) is 0. The lowest BCUT2D eigenvalue weighted by atomic mass is 10.0. The van der Waals surface area contributed by atoms with Crippen molar-refractivity contribution >= 4 is 23.1 Å². The predicted molar refractivity (Wildman–Crippen MR) is 128 cm³/mol. The fourth-order valence-corrected chi connectivity index (χ4v) is 3.56. The Morgan fingerprint density at radius 3 is 1.61 bits per heavy atom. The summed E-state index contributed by atoms with van der Waals surface area (Å²) in [7, 11) is 0. The Balaban J connectivity index is 3.45. The molecule has 0 N–H and O–H groups in total. The van der Waals surface area contributed by atoms with Gasteiger partial charge in [-0.2, -0.15) is 0 Å². The maximum Gasteiger partial charge on any atom is 0.198 e. The summed E-state index contributed by atoms with van der Waals surface area (Å²) in [6.07, 6.45) is 22.0. The van der Waals surface area contributed by atoms with Gasteiger partial charge in [0.2, 0.25) is 0 Å². The van der Waals surface area contributed by atoms with Gasteiger partial charge in [0.1, 0.15) is 11.6 Å². The summed E-state index contributed by atoms with van der Waals surface area (Å²) in [5.41, 5.74) is 0. The van der Waals surface area contributed by atoms with Crippen LogP contribution in [-0.2, 0) is 19.2 Å². The predicted octanol–water partition coefficient (Wildman–Crippen LogP) is 7.27. The van der Waals surface area contributed by atoms with Crippen molar-refractivity contribution in [3.8, 4) is 0 Å². The number of Topliss-reactive ketones (excluding diaryl/α,β-unsaturated/α-hetero) is 4. The highest BCUT2D eigenvalue weighted by molar-refractivity contribution is 6.36. The molecule has 0 amide bonds. The van der Waals surface area contributed by atoms with Crippen molar-refractivity contribution in [3.05, 3.63) is 12.2 Å². The molecule has 0 rings (SSSR count). The molecule has 0 radical (unpaired) electrons. The molecule has 0 spiro atoms. The molecular formula is C27H46O4. The van der Waals surface area contributed by atoms with Crippen LogP contribution in [0.3, 0.4) is 0 Å². The molecule has 0 aromatic rings. The maximum absolute atomic E-state index is 11.9. The van der Waals surface area contributed by atoms with Gasteiger partial charge in [0, 0.05) is 39.0 Å². The van der Waals surface area contributed by atoms with E-state index in [0.29, 0.717) is 44.3 Å². The molecule has 4 heteroatoms. The monoisotopic (exact) mass is 434 g/mol. The van der Waals surface area contributed by atoms with Crippen LogP contribution in [0.15, 0.2) is 12.2 Å². The van der Waals surface area contributed by atoms with Gasteiger partial charge in [0.25, 0.3) is 0 Å². The highest BCUT2D eigenvalue weighted by Crippen LogP contribution is 2.11. The normalized spacial score (nSPS) is 11.2. The average Bonchev–Trinajstić information content (AvgIpc) is 2.74. The standard InChI is InChI=1S/C27H46O4/c1-3-4-5-6-7-8-9-10-11-14-19-25(29)20-15-12-16-21-26(30)22-17-13-18-23-27(31)24(2)28/h11,14H,3-10,12-13,15-23H2,1-2H3. The lowest BCUT2D eigenvalue weighted by molar-refractivity contribution is -0.135. The quantitative estimate of drug-likeness (QED) is 0.0963. The Kier molecular flexibility index (Phi) is 20.5. The Morgan fingerprint density at radius 2 is 1.03 bits per heavy atom. The SMILES string of the molecule is CCCCCCCCCC=CCC(=O)CCCCCC(=O)CCCCCC(=O)C(C)=O. The molecule has 0 aromatic carbocycles. The van der Waals surface area contributed by atoms with Gasteiger partial charge in [-0.1, -0.05) is 70.4 Å². The smallest absolute Gasteiger partial charge is 0.198 e. The van der Waals surface area contributed by atoms with Gasteiger partial charge in [-0.15, -0.1) is 0 Å². The van der Waals surface area contributed by atoms with E-state index in [9.17, 15) is 19.2 Å².